The smallest absolute Gasteiger partial charge is 0.177 e. The topological polar surface area (TPSA) is 140 Å². The highest BCUT2D eigenvalue weighted by Gasteiger charge is 2.45. The van der Waals surface area contributed by atoms with Crippen LogP contribution in [0.1, 0.15) is 6.23 Å². The van der Waals surface area contributed by atoms with Crippen molar-refractivity contribution in [3.8, 4) is 0 Å². The van der Waals surface area contributed by atoms with E-state index in [1.54, 1.807) is 16.7 Å². The minimum atomic E-state index is -1.28. The van der Waals surface area contributed by atoms with Gasteiger partial charge in [-0.15, -0.1) is 0 Å². The Balaban J connectivity index is 1.82. The fraction of sp³-hybridized carbons (Fsp3) is 0.312. The molecule has 3 aromatic rings. The zero-order valence-corrected chi connectivity index (χ0v) is 15.4. The number of aliphatic hydroxyl groups excluding tert-OH is 3. The van der Waals surface area contributed by atoms with Gasteiger partial charge in [0, 0.05) is 9.92 Å². The van der Waals surface area contributed by atoms with E-state index < -0.39 is 31.1 Å². The summed E-state index contributed by atoms with van der Waals surface area (Å²) in [5.41, 5.74) is 6.63. The number of benzene rings is 1. The number of hydrogen-bond acceptors (Lipinski definition) is 9. The van der Waals surface area contributed by atoms with Crippen molar-refractivity contribution in [2.75, 3.05) is 12.3 Å². The number of rotatable bonds is 4. The third-order valence-corrected chi connectivity index (χ3v) is 5.50. The van der Waals surface area contributed by atoms with Crippen LogP contribution in [0, 0.1) is 0 Å². The molecule has 142 valence electrons. The Morgan fingerprint density at radius 3 is 2.59 bits per heavy atom. The molecule has 4 atom stereocenters. The molecule has 0 radical (unpaired) electrons. The van der Waals surface area contributed by atoms with Crippen molar-refractivity contribution >= 4 is 40.3 Å². The minimum Gasteiger partial charge on any atom is -0.394 e. The van der Waals surface area contributed by atoms with Gasteiger partial charge in [0.05, 0.1) is 6.61 Å². The number of nitrogens with two attached hydrogens (primary N) is 1. The monoisotopic (exact) mass is 409 g/mol. The molecule has 0 saturated carbocycles. The maximum Gasteiger partial charge on any atom is 0.177 e. The standard InChI is InChI=1S/C16H16ClN5O4S/c17-7-1-3-8(4-2-7)27-16-21-10-13(18)19-6-20-14(10)22(16)15-12(25)11(24)9(5-23)26-15/h1-4,6,9,11-12,15,23-25H,5H2,(H2,18,19,20)/t9-,11-,12-,15-/m1/s1. The van der Waals surface area contributed by atoms with Gasteiger partial charge in [0.2, 0.25) is 0 Å². The zero-order valence-electron chi connectivity index (χ0n) is 13.8. The largest absolute Gasteiger partial charge is 0.394 e. The molecule has 11 heteroatoms. The molecule has 0 aliphatic carbocycles. The lowest BCUT2D eigenvalue weighted by Gasteiger charge is -2.19. The Morgan fingerprint density at radius 2 is 1.93 bits per heavy atom. The van der Waals surface area contributed by atoms with Gasteiger partial charge >= 0.3 is 0 Å². The molecule has 3 heterocycles. The van der Waals surface area contributed by atoms with Gasteiger partial charge in [-0.05, 0) is 24.3 Å². The van der Waals surface area contributed by atoms with Crippen LogP contribution in [-0.2, 0) is 4.74 Å². The highest BCUT2D eigenvalue weighted by atomic mass is 35.5. The van der Waals surface area contributed by atoms with Crippen molar-refractivity contribution in [3.63, 3.8) is 0 Å². The van der Waals surface area contributed by atoms with Crippen LogP contribution < -0.4 is 5.73 Å². The van der Waals surface area contributed by atoms with Gasteiger partial charge < -0.3 is 25.8 Å². The number of halogens is 1. The number of nitrogen functional groups attached to an aromatic ring is 1. The van der Waals surface area contributed by atoms with Crippen molar-refractivity contribution in [2.45, 2.75) is 34.6 Å². The number of aliphatic hydroxyl groups is 3. The summed E-state index contributed by atoms with van der Waals surface area (Å²) in [6, 6.07) is 7.14. The lowest BCUT2D eigenvalue weighted by molar-refractivity contribution is -0.0548. The van der Waals surface area contributed by atoms with Crippen molar-refractivity contribution in [1.82, 2.24) is 19.5 Å². The first-order valence-electron chi connectivity index (χ1n) is 8.04. The number of fused-ring (bicyclic) bond motifs is 1. The molecular formula is C16H16ClN5O4S. The van der Waals surface area contributed by atoms with E-state index in [9.17, 15) is 15.3 Å². The molecule has 0 bridgehead atoms. The van der Waals surface area contributed by atoms with E-state index in [2.05, 4.69) is 15.0 Å². The third-order valence-electron chi connectivity index (χ3n) is 4.27. The molecule has 1 aliphatic heterocycles. The molecular weight excluding hydrogens is 394 g/mol. The second-order valence-corrected chi connectivity index (χ2v) is 7.46. The van der Waals surface area contributed by atoms with Gasteiger partial charge in [-0.2, -0.15) is 0 Å². The Bertz CT molecular complexity index is 969. The minimum absolute atomic E-state index is 0.184. The van der Waals surface area contributed by atoms with Crippen LogP contribution in [0.2, 0.25) is 5.02 Å². The summed E-state index contributed by atoms with van der Waals surface area (Å²) in [6.45, 7) is -0.432. The van der Waals surface area contributed by atoms with Crippen LogP contribution in [0.25, 0.3) is 11.2 Å². The molecule has 5 N–H and O–H groups in total. The second-order valence-electron chi connectivity index (χ2n) is 5.98. The SMILES string of the molecule is Nc1ncnc2c1nc(Sc1ccc(Cl)cc1)n2[C@@H]1O[C@H](CO)[C@@H](O)[C@H]1O. The molecule has 0 amide bonds. The predicted octanol–water partition coefficient (Wildman–Crippen LogP) is 0.825. The van der Waals surface area contributed by atoms with E-state index in [4.69, 9.17) is 22.1 Å². The van der Waals surface area contributed by atoms with E-state index in [0.717, 1.165) is 4.90 Å². The lowest BCUT2D eigenvalue weighted by atomic mass is 10.1. The predicted molar refractivity (Wildman–Crippen MR) is 98.3 cm³/mol. The fourth-order valence-electron chi connectivity index (χ4n) is 2.91. The zero-order chi connectivity index (χ0) is 19.1. The summed E-state index contributed by atoms with van der Waals surface area (Å²) in [7, 11) is 0. The highest BCUT2D eigenvalue weighted by molar-refractivity contribution is 7.99. The lowest BCUT2D eigenvalue weighted by Crippen LogP contribution is -2.33. The van der Waals surface area contributed by atoms with Crippen LogP contribution in [0.15, 0.2) is 40.6 Å². The van der Waals surface area contributed by atoms with Crippen LogP contribution >= 0.6 is 23.4 Å². The maximum atomic E-state index is 10.5. The first kappa shape index (κ1) is 18.4. The average Bonchev–Trinajstić information content (AvgIpc) is 3.16. The summed E-state index contributed by atoms with van der Waals surface area (Å²) in [4.78, 5) is 13.5. The highest BCUT2D eigenvalue weighted by Crippen LogP contribution is 2.38. The van der Waals surface area contributed by atoms with Crippen molar-refractivity contribution < 1.29 is 20.1 Å². The molecule has 1 saturated heterocycles. The van der Waals surface area contributed by atoms with Crippen LogP contribution in [-0.4, -0.2) is 59.8 Å². The average molecular weight is 410 g/mol. The Morgan fingerprint density at radius 1 is 1.19 bits per heavy atom. The van der Waals surface area contributed by atoms with E-state index in [1.807, 2.05) is 12.1 Å². The molecule has 2 aromatic heterocycles. The molecule has 0 spiro atoms. The summed E-state index contributed by atoms with van der Waals surface area (Å²) in [5.74, 6) is 0.184. The van der Waals surface area contributed by atoms with Crippen LogP contribution in [0.5, 0.6) is 0 Å². The number of anilines is 1. The summed E-state index contributed by atoms with van der Waals surface area (Å²) < 4.78 is 7.21. The third kappa shape index (κ3) is 3.24. The quantitative estimate of drug-likeness (QED) is 0.493. The summed E-state index contributed by atoms with van der Waals surface area (Å²) >= 11 is 7.22. The maximum absolute atomic E-state index is 10.5. The Kier molecular flexibility index (Phi) is 4.93. The van der Waals surface area contributed by atoms with Crippen molar-refractivity contribution in [3.05, 3.63) is 35.6 Å². The number of aromatic nitrogens is 4. The first-order valence-corrected chi connectivity index (χ1v) is 9.23. The summed E-state index contributed by atoms with van der Waals surface area (Å²) in [6.07, 6.45) is -3.15. The number of ether oxygens (including phenoxy) is 1. The number of nitrogens with zero attached hydrogens (tertiary/aromatic N) is 4. The van der Waals surface area contributed by atoms with E-state index in [-0.39, 0.29) is 5.82 Å². The number of hydrogen-bond donors (Lipinski definition) is 4. The van der Waals surface area contributed by atoms with Gasteiger partial charge in [-0.3, -0.25) is 4.57 Å². The van der Waals surface area contributed by atoms with Crippen LogP contribution in [0.3, 0.4) is 0 Å². The van der Waals surface area contributed by atoms with E-state index >= 15 is 0 Å². The van der Waals surface area contributed by atoms with Crippen LogP contribution in [0.4, 0.5) is 5.82 Å². The first-order chi connectivity index (χ1) is 13.0. The molecule has 1 aromatic carbocycles. The van der Waals surface area contributed by atoms with Gasteiger partial charge in [0.15, 0.2) is 28.4 Å². The Labute approximate surface area is 162 Å². The normalized spacial score (nSPS) is 25.3. The fourth-order valence-corrected chi connectivity index (χ4v) is 3.94. The van der Waals surface area contributed by atoms with E-state index in [1.165, 1.54) is 18.1 Å². The summed E-state index contributed by atoms with van der Waals surface area (Å²) in [5, 5.41) is 31.0. The van der Waals surface area contributed by atoms with Crippen molar-refractivity contribution in [1.29, 1.82) is 0 Å². The second kappa shape index (κ2) is 7.23. The molecule has 9 nitrogen and oxygen atoms in total. The van der Waals surface area contributed by atoms with E-state index in [0.29, 0.717) is 21.3 Å². The van der Waals surface area contributed by atoms with Crippen molar-refractivity contribution in [2.24, 2.45) is 0 Å². The van der Waals surface area contributed by atoms with Gasteiger partial charge in [-0.1, -0.05) is 23.4 Å². The Hall–Kier alpha value is -1.95. The molecule has 1 fully saturated rings. The molecule has 0 unspecified atom stereocenters. The van der Waals surface area contributed by atoms with Gasteiger partial charge in [-0.25, -0.2) is 15.0 Å². The number of imidazole rings is 1. The molecule has 1 aliphatic rings. The van der Waals surface area contributed by atoms with Gasteiger partial charge in [0.1, 0.15) is 24.6 Å². The molecule has 4 rings (SSSR count). The molecule has 27 heavy (non-hydrogen) atoms. The van der Waals surface area contributed by atoms with Gasteiger partial charge in [0.25, 0.3) is 0 Å².